The van der Waals surface area contributed by atoms with E-state index in [1.54, 1.807) is 0 Å². The normalized spacial score (nSPS) is 14.4. The monoisotopic (exact) mass is 463 g/mol. The lowest BCUT2D eigenvalue weighted by atomic mass is 10.2. The smallest absolute Gasteiger partial charge is 0.301 e. The van der Waals surface area contributed by atoms with E-state index in [1.807, 2.05) is 0 Å². The number of sulfonamides is 1. The molecule has 29 heavy (non-hydrogen) atoms. The molecule has 0 radical (unpaired) electrons. The van der Waals surface area contributed by atoms with Crippen molar-refractivity contribution in [3.63, 3.8) is 0 Å². The Hall–Kier alpha value is -2.24. The van der Waals surface area contributed by atoms with Crippen molar-refractivity contribution in [1.29, 1.82) is 0 Å². The lowest BCUT2D eigenvalue weighted by Crippen LogP contribution is -2.28. The first-order chi connectivity index (χ1) is 13.6. The highest BCUT2D eigenvalue weighted by Crippen LogP contribution is 2.31. The predicted octanol–water partition coefficient (Wildman–Crippen LogP) is 3.99. The number of nitrogens with one attached hydrogen (secondary N) is 2. The van der Waals surface area contributed by atoms with E-state index >= 15 is 0 Å². The highest BCUT2D eigenvalue weighted by atomic mass is 35.5. The van der Waals surface area contributed by atoms with E-state index in [1.165, 1.54) is 23.9 Å². The number of aliphatic imine (C=N–C) groups is 1. The fourth-order valence-electron chi connectivity index (χ4n) is 2.39. The standard InChI is InChI=1S/C17H13ClF3N3O3S2/c18-14-5-4-12(9-13(14)15(25)23-16-22-6-7-28-16)29(26,27)24-11-3-1-2-10(8-11)17(19,20)21/h1-5,8-9,24H,6-7H2,(H,22,23,25). The van der Waals surface area contributed by atoms with Crippen LogP contribution in [0, 0.1) is 0 Å². The maximum absolute atomic E-state index is 12.8. The molecular formula is C17H13ClF3N3O3S2. The fraction of sp³-hybridized carbons (Fsp3) is 0.176. The zero-order valence-corrected chi connectivity index (χ0v) is 16.8. The number of nitrogens with zero attached hydrogens (tertiary/aromatic N) is 1. The summed E-state index contributed by atoms with van der Waals surface area (Å²) in [5.41, 5.74) is -1.37. The molecule has 0 spiro atoms. The van der Waals surface area contributed by atoms with Gasteiger partial charge in [-0.25, -0.2) is 8.42 Å². The number of hydrogen-bond donors (Lipinski definition) is 2. The summed E-state index contributed by atoms with van der Waals surface area (Å²) in [7, 11) is -4.27. The third kappa shape index (κ3) is 5.22. The SMILES string of the molecule is O=C(NC1=NCCS1)c1cc(S(=O)(=O)Nc2cccc(C(F)(F)F)c2)ccc1Cl. The van der Waals surface area contributed by atoms with Gasteiger partial charge in [0.05, 0.1) is 27.6 Å². The molecule has 0 bridgehead atoms. The Balaban J connectivity index is 1.86. The van der Waals surface area contributed by atoms with Crippen LogP contribution in [0.25, 0.3) is 0 Å². The van der Waals surface area contributed by atoms with Gasteiger partial charge in [-0.2, -0.15) is 13.2 Å². The molecule has 154 valence electrons. The van der Waals surface area contributed by atoms with Gasteiger partial charge in [0.15, 0.2) is 5.17 Å². The lowest BCUT2D eigenvalue weighted by Gasteiger charge is -2.12. The number of hydrogen-bond acceptors (Lipinski definition) is 5. The number of halogens is 4. The van der Waals surface area contributed by atoms with E-state index < -0.39 is 27.7 Å². The van der Waals surface area contributed by atoms with Gasteiger partial charge in [-0.05, 0) is 36.4 Å². The average molecular weight is 464 g/mol. The Kier molecular flexibility index (Phi) is 6.11. The van der Waals surface area contributed by atoms with E-state index in [4.69, 9.17) is 11.6 Å². The van der Waals surface area contributed by atoms with E-state index in [0.29, 0.717) is 17.8 Å². The van der Waals surface area contributed by atoms with Gasteiger partial charge in [0, 0.05) is 11.4 Å². The molecular weight excluding hydrogens is 451 g/mol. The summed E-state index contributed by atoms with van der Waals surface area (Å²) >= 11 is 7.35. The summed E-state index contributed by atoms with van der Waals surface area (Å²) < 4.78 is 65.8. The Labute approximate surface area is 173 Å². The largest absolute Gasteiger partial charge is 0.416 e. The number of rotatable bonds is 4. The molecule has 1 aliphatic heterocycles. The topological polar surface area (TPSA) is 87.6 Å². The van der Waals surface area contributed by atoms with Gasteiger partial charge in [-0.3, -0.25) is 14.5 Å². The number of amides is 1. The minimum absolute atomic E-state index is 0.0177. The summed E-state index contributed by atoms with van der Waals surface area (Å²) in [6.07, 6.45) is -4.62. The van der Waals surface area contributed by atoms with Gasteiger partial charge in [0.1, 0.15) is 0 Å². The van der Waals surface area contributed by atoms with Gasteiger partial charge in [-0.1, -0.05) is 29.4 Å². The van der Waals surface area contributed by atoms with Crippen LogP contribution >= 0.6 is 23.4 Å². The molecule has 0 fully saturated rings. The quantitative estimate of drug-likeness (QED) is 0.717. The van der Waals surface area contributed by atoms with Crippen molar-refractivity contribution in [1.82, 2.24) is 5.32 Å². The maximum Gasteiger partial charge on any atom is 0.416 e. The number of carbonyl (C=O) groups excluding carboxylic acids is 1. The average Bonchev–Trinajstić information content (AvgIpc) is 3.14. The number of anilines is 1. The number of alkyl halides is 3. The van der Waals surface area contributed by atoms with Crippen molar-refractivity contribution in [3.05, 3.63) is 58.6 Å². The number of benzene rings is 2. The first kappa shape index (κ1) is 21.5. The van der Waals surface area contributed by atoms with Crippen LogP contribution in [0.15, 0.2) is 52.4 Å². The van der Waals surface area contributed by atoms with Crippen LogP contribution in [-0.4, -0.2) is 31.8 Å². The lowest BCUT2D eigenvalue weighted by molar-refractivity contribution is -0.137. The Bertz CT molecular complexity index is 1090. The molecule has 1 aliphatic rings. The molecule has 0 aromatic heterocycles. The summed E-state index contributed by atoms with van der Waals surface area (Å²) in [6.45, 7) is 0.559. The Morgan fingerprint density at radius 3 is 2.59 bits per heavy atom. The first-order valence-electron chi connectivity index (χ1n) is 8.04. The zero-order valence-electron chi connectivity index (χ0n) is 14.5. The van der Waals surface area contributed by atoms with Crippen LogP contribution in [0.1, 0.15) is 15.9 Å². The van der Waals surface area contributed by atoms with Gasteiger partial charge in [0.25, 0.3) is 15.9 Å². The minimum Gasteiger partial charge on any atom is -0.301 e. The zero-order chi connectivity index (χ0) is 21.2. The van der Waals surface area contributed by atoms with Crippen molar-refractivity contribution in [3.8, 4) is 0 Å². The molecule has 6 nitrogen and oxygen atoms in total. The molecule has 2 aromatic carbocycles. The highest BCUT2D eigenvalue weighted by molar-refractivity contribution is 8.14. The number of carbonyl (C=O) groups is 1. The van der Waals surface area contributed by atoms with Crippen molar-refractivity contribution in [2.45, 2.75) is 11.1 Å². The summed E-state index contributed by atoms with van der Waals surface area (Å²) in [6, 6.07) is 7.20. The summed E-state index contributed by atoms with van der Waals surface area (Å²) in [5, 5.41) is 2.96. The molecule has 1 heterocycles. The molecule has 1 amide bonds. The molecule has 0 saturated heterocycles. The Morgan fingerprint density at radius 2 is 1.93 bits per heavy atom. The van der Waals surface area contributed by atoms with Crippen molar-refractivity contribution >= 4 is 50.1 Å². The van der Waals surface area contributed by atoms with Crippen LogP contribution in [0.3, 0.4) is 0 Å². The molecule has 0 atom stereocenters. The third-order valence-electron chi connectivity index (χ3n) is 3.74. The summed E-state index contributed by atoms with van der Waals surface area (Å²) in [5.74, 6) is 0.0813. The van der Waals surface area contributed by atoms with Crippen LogP contribution in [0.2, 0.25) is 5.02 Å². The van der Waals surface area contributed by atoms with Crippen LogP contribution < -0.4 is 10.0 Å². The number of thioether (sulfide) groups is 1. The van der Waals surface area contributed by atoms with Gasteiger partial charge >= 0.3 is 6.18 Å². The molecule has 3 rings (SSSR count). The minimum atomic E-state index is -4.62. The second-order valence-electron chi connectivity index (χ2n) is 5.82. The molecule has 0 aliphatic carbocycles. The van der Waals surface area contributed by atoms with Crippen molar-refractivity contribution in [2.75, 3.05) is 17.0 Å². The Morgan fingerprint density at radius 1 is 1.17 bits per heavy atom. The van der Waals surface area contributed by atoms with E-state index in [9.17, 15) is 26.4 Å². The van der Waals surface area contributed by atoms with Gasteiger partial charge in [-0.15, -0.1) is 0 Å². The van der Waals surface area contributed by atoms with Crippen LogP contribution in [0.5, 0.6) is 0 Å². The van der Waals surface area contributed by atoms with Gasteiger partial charge in [0.2, 0.25) is 0 Å². The van der Waals surface area contributed by atoms with Crippen LogP contribution in [0.4, 0.5) is 18.9 Å². The fourth-order valence-corrected chi connectivity index (χ4v) is 4.40. The van der Waals surface area contributed by atoms with E-state index in [0.717, 1.165) is 30.0 Å². The summed E-state index contributed by atoms with van der Waals surface area (Å²) in [4.78, 5) is 16.1. The molecule has 12 heteroatoms. The van der Waals surface area contributed by atoms with Crippen molar-refractivity contribution in [2.24, 2.45) is 4.99 Å². The second kappa shape index (κ2) is 8.25. The predicted molar refractivity (Wildman–Crippen MR) is 106 cm³/mol. The molecule has 2 N–H and O–H groups in total. The second-order valence-corrected chi connectivity index (χ2v) is 8.99. The third-order valence-corrected chi connectivity index (χ3v) is 6.34. The van der Waals surface area contributed by atoms with Crippen molar-refractivity contribution < 1.29 is 26.4 Å². The van der Waals surface area contributed by atoms with Crippen LogP contribution in [-0.2, 0) is 16.2 Å². The van der Waals surface area contributed by atoms with Gasteiger partial charge < -0.3 is 5.32 Å². The number of amidine groups is 1. The molecule has 2 aromatic rings. The maximum atomic E-state index is 12.8. The molecule has 0 unspecified atom stereocenters. The highest BCUT2D eigenvalue weighted by Gasteiger charge is 2.31. The first-order valence-corrected chi connectivity index (χ1v) is 10.9. The van der Waals surface area contributed by atoms with E-state index in [2.05, 4.69) is 15.0 Å². The van der Waals surface area contributed by atoms with E-state index in [-0.39, 0.29) is 21.2 Å². The molecule has 0 saturated carbocycles.